The Balaban J connectivity index is 2.26. The normalized spacial score (nSPS) is 25.5. The standard InChI is InChI=1S/C10H22N2/c1-11-9-7-5-3-4-6-8-10-12(11)2/h3-10H2,1-2H3. The van der Waals surface area contributed by atoms with Gasteiger partial charge in [0.2, 0.25) is 0 Å². The zero-order valence-electron chi connectivity index (χ0n) is 8.55. The molecule has 0 aromatic rings. The first-order chi connectivity index (χ1) is 5.80. The van der Waals surface area contributed by atoms with E-state index in [2.05, 4.69) is 24.1 Å². The van der Waals surface area contributed by atoms with Gasteiger partial charge < -0.3 is 0 Å². The van der Waals surface area contributed by atoms with Gasteiger partial charge >= 0.3 is 0 Å². The summed E-state index contributed by atoms with van der Waals surface area (Å²) < 4.78 is 0. The minimum Gasteiger partial charge on any atom is -0.245 e. The molecule has 12 heavy (non-hydrogen) atoms. The van der Waals surface area contributed by atoms with Gasteiger partial charge in [-0.2, -0.15) is 0 Å². The first-order valence-electron chi connectivity index (χ1n) is 5.23. The second kappa shape index (κ2) is 5.55. The van der Waals surface area contributed by atoms with E-state index in [0.717, 1.165) is 0 Å². The fourth-order valence-electron chi connectivity index (χ4n) is 1.73. The predicted molar refractivity (Wildman–Crippen MR) is 53.0 cm³/mol. The summed E-state index contributed by atoms with van der Waals surface area (Å²) in [4.78, 5) is 0. The van der Waals surface area contributed by atoms with Crippen molar-refractivity contribution in [2.24, 2.45) is 0 Å². The zero-order chi connectivity index (χ0) is 8.81. The Morgan fingerprint density at radius 3 is 1.33 bits per heavy atom. The van der Waals surface area contributed by atoms with Crippen molar-refractivity contribution in [2.75, 3.05) is 27.2 Å². The second-order valence-corrected chi connectivity index (χ2v) is 3.88. The minimum absolute atomic E-state index is 1.23. The molecule has 1 rings (SSSR count). The molecular formula is C10H22N2. The quantitative estimate of drug-likeness (QED) is 0.549. The molecule has 0 spiro atoms. The molecule has 0 amide bonds. The molecule has 0 N–H and O–H groups in total. The van der Waals surface area contributed by atoms with E-state index >= 15 is 0 Å². The van der Waals surface area contributed by atoms with Crippen LogP contribution in [-0.2, 0) is 0 Å². The smallest absolute Gasteiger partial charge is 0.0130 e. The van der Waals surface area contributed by atoms with Gasteiger partial charge in [-0.15, -0.1) is 0 Å². The van der Waals surface area contributed by atoms with Crippen molar-refractivity contribution in [3.63, 3.8) is 0 Å². The summed E-state index contributed by atoms with van der Waals surface area (Å²) in [5.74, 6) is 0. The lowest BCUT2D eigenvalue weighted by Gasteiger charge is -2.29. The van der Waals surface area contributed by atoms with Crippen LogP contribution in [-0.4, -0.2) is 37.2 Å². The van der Waals surface area contributed by atoms with Crippen LogP contribution in [0.3, 0.4) is 0 Å². The molecule has 2 heteroatoms. The Morgan fingerprint density at radius 2 is 0.917 bits per heavy atom. The van der Waals surface area contributed by atoms with Crippen LogP contribution in [0, 0.1) is 0 Å². The number of nitrogens with zero attached hydrogens (tertiary/aromatic N) is 2. The van der Waals surface area contributed by atoms with Crippen molar-refractivity contribution in [3.05, 3.63) is 0 Å². The van der Waals surface area contributed by atoms with Crippen molar-refractivity contribution >= 4 is 0 Å². The van der Waals surface area contributed by atoms with Crippen LogP contribution < -0.4 is 0 Å². The highest BCUT2D eigenvalue weighted by Crippen LogP contribution is 2.09. The summed E-state index contributed by atoms with van der Waals surface area (Å²) in [5.41, 5.74) is 0. The minimum atomic E-state index is 1.23. The fourth-order valence-corrected chi connectivity index (χ4v) is 1.73. The van der Waals surface area contributed by atoms with Crippen LogP contribution in [0.25, 0.3) is 0 Å². The lowest BCUT2D eigenvalue weighted by atomic mass is 10.1. The summed E-state index contributed by atoms with van der Waals surface area (Å²) in [7, 11) is 4.39. The maximum atomic E-state index is 2.35. The molecule has 1 fully saturated rings. The van der Waals surface area contributed by atoms with Gasteiger partial charge in [0.25, 0.3) is 0 Å². The molecule has 0 aromatic heterocycles. The Hall–Kier alpha value is -0.0800. The van der Waals surface area contributed by atoms with E-state index < -0.39 is 0 Å². The Bertz CT molecular complexity index is 100. The maximum absolute atomic E-state index is 2.35. The van der Waals surface area contributed by atoms with E-state index in [-0.39, 0.29) is 0 Å². The first kappa shape index (κ1) is 10.0. The Kier molecular flexibility index (Phi) is 4.62. The van der Waals surface area contributed by atoms with Crippen molar-refractivity contribution in [1.29, 1.82) is 0 Å². The van der Waals surface area contributed by atoms with Gasteiger partial charge in [0.15, 0.2) is 0 Å². The molecule has 1 saturated heterocycles. The molecule has 1 aliphatic heterocycles. The molecule has 0 atom stereocenters. The van der Waals surface area contributed by atoms with Gasteiger partial charge in [0.1, 0.15) is 0 Å². The summed E-state index contributed by atoms with van der Waals surface area (Å²) in [6.45, 7) is 2.47. The highest BCUT2D eigenvalue weighted by atomic mass is 15.6. The lowest BCUT2D eigenvalue weighted by Crippen LogP contribution is -2.38. The number of hydrazine groups is 1. The number of rotatable bonds is 0. The topological polar surface area (TPSA) is 6.48 Å². The Morgan fingerprint density at radius 1 is 0.583 bits per heavy atom. The summed E-state index contributed by atoms with van der Waals surface area (Å²) in [6, 6.07) is 0. The van der Waals surface area contributed by atoms with Gasteiger partial charge in [-0.25, -0.2) is 10.0 Å². The van der Waals surface area contributed by atoms with Crippen LogP contribution in [0.15, 0.2) is 0 Å². The van der Waals surface area contributed by atoms with Crippen molar-refractivity contribution in [3.8, 4) is 0 Å². The third-order valence-corrected chi connectivity index (χ3v) is 2.80. The molecule has 72 valence electrons. The number of hydrogen-bond donors (Lipinski definition) is 0. The maximum Gasteiger partial charge on any atom is 0.0130 e. The average molecular weight is 170 g/mol. The third-order valence-electron chi connectivity index (χ3n) is 2.80. The summed E-state index contributed by atoms with van der Waals surface area (Å²) in [5, 5.41) is 4.70. The molecule has 0 aromatic carbocycles. The summed E-state index contributed by atoms with van der Waals surface area (Å²) >= 11 is 0. The van der Waals surface area contributed by atoms with E-state index in [1.54, 1.807) is 0 Å². The molecular weight excluding hydrogens is 148 g/mol. The van der Waals surface area contributed by atoms with E-state index in [0.29, 0.717) is 0 Å². The molecule has 2 nitrogen and oxygen atoms in total. The number of hydrogen-bond acceptors (Lipinski definition) is 2. The summed E-state index contributed by atoms with van der Waals surface area (Å²) in [6.07, 6.45) is 8.44. The van der Waals surface area contributed by atoms with E-state index in [1.165, 1.54) is 51.6 Å². The monoisotopic (exact) mass is 170 g/mol. The molecule has 1 heterocycles. The lowest BCUT2D eigenvalue weighted by molar-refractivity contribution is 0.0222. The SMILES string of the molecule is CN1CCCCCCCCN1C. The van der Waals surface area contributed by atoms with Crippen molar-refractivity contribution < 1.29 is 0 Å². The third kappa shape index (κ3) is 3.55. The van der Waals surface area contributed by atoms with Gasteiger partial charge in [0, 0.05) is 27.2 Å². The fraction of sp³-hybridized carbons (Fsp3) is 1.00. The molecule has 0 unspecified atom stereocenters. The first-order valence-corrected chi connectivity index (χ1v) is 5.23. The second-order valence-electron chi connectivity index (χ2n) is 3.88. The van der Waals surface area contributed by atoms with Crippen molar-refractivity contribution in [1.82, 2.24) is 10.0 Å². The van der Waals surface area contributed by atoms with E-state index in [4.69, 9.17) is 0 Å². The van der Waals surface area contributed by atoms with E-state index in [9.17, 15) is 0 Å². The largest absolute Gasteiger partial charge is 0.245 e. The molecule has 0 radical (unpaired) electrons. The van der Waals surface area contributed by atoms with Crippen LogP contribution in [0.4, 0.5) is 0 Å². The predicted octanol–water partition coefficient (Wildman–Crippen LogP) is 2.12. The molecule has 1 aliphatic rings. The average Bonchev–Trinajstić information content (AvgIpc) is 2.08. The van der Waals surface area contributed by atoms with Crippen LogP contribution in [0.5, 0.6) is 0 Å². The highest BCUT2D eigenvalue weighted by molar-refractivity contribution is 4.55. The van der Waals surface area contributed by atoms with Gasteiger partial charge in [-0.05, 0) is 12.8 Å². The van der Waals surface area contributed by atoms with Gasteiger partial charge in [-0.1, -0.05) is 25.7 Å². The molecule has 0 saturated carbocycles. The highest BCUT2D eigenvalue weighted by Gasteiger charge is 2.06. The van der Waals surface area contributed by atoms with Crippen molar-refractivity contribution in [2.45, 2.75) is 38.5 Å². The van der Waals surface area contributed by atoms with E-state index in [1.807, 2.05) is 0 Å². The Labute approximate surface area is 76.5 Å². The van der Waals surface area contributed by atoms with Gasteiger partial charge in [0.05, 0.1) is 0 Å². The molecule has 0 bridgehead atoms. The molecule has 0 aliphatic carbocycles. The van der Waals surface area contributed by atoms with Gasteiger partial charge in [-0.3, -0.25) is 0 Å². The van der Waals surface area contributed by atoms with Crippen LogP contribution in [0.2, 0.25) is 0 Å². The zero-order valence-corrected chi connectivity index (χ0v) is 8.55. The van der Waals surface area contributed by atoms with Crippen LogP contribution >= 0.6 is 0 Å². The van der Waals surface area contributed by atoms with Crippen LogP contribution in [0.1, 0.15) is 38.5 Å².